The zero-order chi connectivity index (χ0) is 34.4. The molecular formula is C34H38Cl4N6O5S. The number of nitrogens with zero attached hydrogens (tertiary/aromatic N) is 3. The van der Waals surface area contributed by atoms with Crippen molar-refractivity contribution < 1.29 is 22.7 Å². The van der Waals surface area contributed by atoms with Crippen molar-refractivity contribution in [2.75, 3.05) is 19.6 Å². The fourth-order valence-corrected chi connectivity index (χ4v) is 8.23. The van der Waals surface area contributed by atoms with Crippen LogP contribution in [0.1, 0.15) is 52.0 Å². The Morgan fingerprint density at radius 2 is 1.80 bits per heavy atom. The van der Waals surface area contributed by atoms with Crippen LogP contribution in [-0.4, -0.2) is 61.4 Å². The van der Waals surface area contributed by atoms with E-state index in [1.165, 1.54) is 22.7 Å². The molecule has 4 aromatic rings. The van der Waals surface area contributed by atoms with E-state index in [0.29, 0.717) is 53.8 Å². The summed E-state index contributed by atoms with van der Waals surface area (Å²) in [5, 5.41) is 10.2. The average molecular weight is 785 g/mol. The molecule has 268 valence electrons. The fourth-order valence-electron chi connectivity index (χ4n) is 5.71. The molecule has 0 saturated carbocycles. The van der Waals surface area contributed by atoms with Crippen molar-refractivity contribution in [2.24, 2.45) is 10.9 Å². The third-order valence-corrected chi connectivity index (χ3v) is 10.9. The Balaban J connectivity index is 0.00000338. The number of hydrogen-bond acceptors (Lipinski definition) is 8. The lowest BCUT2D eigenvalue weighted by molar-refractivity contribution is -0.124. The van der Waals surface area contributed by atoms with Crippen LogP contribution < -0.4 is 21.2 Å². The van der Waals surface area contributed by atoms with Gasteiger partial charge in [0.25, 0.3) is 5.91 Å². The second-order valence-electron chi connectivity index (χ2n) is 11.4. The third-order valence-electron chi connectivity index (χ3n) is 8.06. The van der Waals surface area contributed by atoms with E-state index >= 15 is 0 Å². The Morgan fingerprint density at radius 3 is 2.56 bits per heavy atom. The predicted octanol–water partition coefficient (Wildman–Crippen LogP) is 5.96. The van der Waals surface area contributed by atoms with Crippen LogP contribution in [0.4, 0.5) is 0 Å². The van der Waals surface area contributed by atoms with Gasteiger partial charge in [-0.15, -0.1) is 24.8 Å². The molecule has 1 fully saturated rings. The first-order valence-corrected chi connectivity index (χ1v) is 17.6. The van der Waals surface area contributed by atoms with Crippen LogP contribution in [0.25, 0.3) is 10.9 Å². The molecule has 11 nitrogen and oxygen atoms in total. The molecule has 1 aromatic heterocycles. The van der Waals surface area contributed by atoms with Gasteiger partial charge in [0.15, 0.2) is 0 Å². The smallest absolute Gasteiger partial charge is 0.251 e. The minimum absolute atomic E-state index is 0. The summed E-state index contributed by atoms with van der Waals surface area (Å²) in [7, 11) is -4.18. The molecule has 50 heavy (non-hydrogen) atoms. The number of benzene rings is 3. The molecule has 0 spiro atoms. The first-order valence-electron chi connectivity index (χ1n) is 15.4. The molecule has 1 saturated heterocycles. The van der Waals surface area contributed by atoms with E-state index in [1.54, 1.807) is 30.3 Å². The Kier molecular flexibility index (Phi) is 14.7. The van der Waals surface area contributed by atoms with Crippen molar-refractivity contribution in [3.8, 4) is 5.75 Å². The average Bonchev–Trinajstić information content (AvgIpc) is 3.56. The van der Waals surface area contributed by atoms with Crippen LogP contribution >= 0.6 is 48.0 Å². The van der Waals surface area contributed by atoms with Crippen molar-refractivity contribution in [3.05, 3.63) is 98.7 Å². The van der Waals surface area contributed by atoms with E-state index in [1.807, 2.05) is 32.0 Å². The quantitative estimate of drug-likeness (QED) is 0.0693. The number of nitrogens with two attached hydrogens (primary N) is 1. The number of para-hydroxylation sites is 1. The maximum atomic E-state index is 13.9. The monoisotopic (exact) mass is 782 g/mol. The van der Waals surface area contributed by atoms with E-state index in [4.69, 9.17) is 33.8 Å². The number of pyridine rings is 1. The largest absolute Gasteiger partial charge is 0.487 e. The summed E-state index contributed by atoms with van der Waals surface area (Å²) >= 11 is 13.2. The van der Waals surface area contributed by atoms with Crippen molar-refractivity contribution in [1.82, 2.24) is 19.9 Å². The zero-order valence-electron chi connectivity index (χ0n) is 27.3. The topological polar surface area (TPSA) is 156 Å². The van der Waals surface area contributed by atoms with Gasteiger partial charge in [0.1, 0.15) is 28.8 Å². The van der Waals surface area contributed by atoms with Gasteiger partial charge in [-0.2, -0.15) is 9.41 Å². The number of hydrazone groups is 1. The number of nitrogens with one attached hydrogen (secondary N) is 2. The maximum absolute atomic E-state index is 13.9. The van der Waals surface area contributed by atoms with E-state index < -0.39 is 22.0 Å². The van der Waals surface area contributed by atoms with Crippen LogP contribution in [0.15, 0.2) is 70.7 Å². The highest BCUT2D eigenvalue weighted by Gasteiger charge is 2.40. The zero-order valence-corrected chi connectivity index (χ0v) is 31.3. The van der Waals surface area contributed by atoms with Gasteiger partial charge in [-0.1, -0.05) is 47.5 Å². The van der Waals surface area contributed by atoms with Crippen LogP contribution in [0.5, 0.6) is 5.75 Å². The summed E-state index contributed by atoms with van der Waals surface area (Å²) in [6, 6.07) is 16.3. The number of halogens is 4. The minimum atomic E-state index is -4.18. The summed E-state index contributed by atoms with van der Waals surface area (Å²) in [6.45, 7) is 4.52. The molecule has 16 heteroatoms. The van der Waals surface area contributed by atoms with Crippen molar-refractivity contribution in [1.29, 1.82) is 0 Å². The van der Waals surface area contributed by atoms with Crippen molar-refractivity contribution >= 4 is 87.0 Å². The molecule has 0 unspecified atom stereocenters. The molecule has 4 N–H and O–H groups in total. The van der Waals surface area contributed by atoms with Gasteiger partial charge >= 0.3 is 0 Å². The molecule has 1 aliphatic rings. The normalized spacial score (nSPS) is 14.6. The number of aromatic nitrogens is 1. The number of aryl methyl sites for hydroxylation is 2. The summed E-state index contributed by atoms with van der Waals surface area (Å²) < 4.78 is 35.1. The predicted molar refractivity (Wildman–Crippen MR) is 202 cm³/mol. The molecule has 2 amide bonds. The fraction of sp³-hybridized carbons (Fsp3) is 0.294. The number of ether oxygens (including phenoxy) is 1. The highest BCUT2D eigenvalue weighted by Crippen LogP contribution is 2.36. The molecule has 2 heterocycles. The van der Waals surface area contributed by atoms with E-state index in [-0.39, 0.29) is 65.4 Å². The Hall–Kier alpha value is -3.65. The number of carbonyl (C=O) groups excluding carboxylic acids is 2. The first kappa shape index (κ1) is 40.8. The third kappa shape index (κ3) is 9.17. The van der Waals surface area contributed by atoms with Crippen LogP contribution in [0.2, 0.25) is 10.0 Å². The summed E-state index contributed by atoms with van der Waals surface area (Å²) in [5.74, 6) is 5.01. The minimum Gasteiger partial charge on any atom is -0.487 e. The van der Waals surface area contributed by atoms with Gasteiger partial charge in [-0.05, 0) is 80.6 Å². The lowest BCUT2D eigenvalue weighted by Gasteiger charge is -2.24. The van der Waals surface area contributed by atoms with Crippen molar-refractivity contribution in [3.63, 3.8) is 0 Å². The van der Waals surface area contributed by atoms with Gasteiger partial charge in [-0.25, -0.2) is 13.4 Å². The highest BCUT2D eigenvalue weighted by atomic mass is 35.5. The van der Waals surface area contributed by atoms with Crippen LogP contribution in [0.3, 0.4) is 0 Å². The SMILES string of the molecule is Cc1cc(C)c2cccc(OCc3c(Cl)ccc(S(=O)(=O)N4CCC[C@H]4C(=O)NCCCNC(=O)c4cccc(C=NN)c4)c3Cl)c2n1.Cl.Cl. The summed E-state index contributed by atoms with van der Waals surface area (Å²) in [6.07, 6.45) is 2.76. The number of rotatable bonds is 12. The van der Waals surface area contributed by atoms with Crippen LogP contribution in [0, 0.1) is 13.8 Å². The number of amides is 2. The van der Waals surface area contributed by atoms with Gasteiger partial charge < -0.3 is 21.2 Å². The van der Waals surface area contributed by atoms with E-state index in [2.05, 4.69) is 20.7 Å². The molecule has 0 radical (unpaired) electrons. The standard InChI is InChI=1S/C34H36Cl2N6O5S.2ClH/c1-21-17-22(2)41-32-25(21)9-4-11-29(32)47-20-26-27(35)12-13-30(31(26)36)48(45,46)42-16-5-10-28(42)34(44)39-15-6-14-38-33(43)24-8-3-7-23(18-24)19-40-37;;/h3-4,7-9,11-13,17-19,28H,5-6,10,14-16,20,37H2,1-2H3,(H,38,43)(H,39,44);2*1H/t28-;;/m0../s1. The lowest BCUT2D eigenvalue weighted by Crippen LogP contribution is -2.46. The number of carbonyl (C=O) groups is 2. The molecule has 0 aliphatic carbocycles. The van der Waals surface area contributed by atoms with Gasteiger partial charge in [0, 0.05) is 46.9 Å². The molecule has 0 bridgehead atoms. The first-order chi connectivity index (χ1) is 23.0. The lowest BCUT2D eigenvalue weighted by atomic mass is 10.1. The molecular weight excluding hydrogens is 746 g/mol. The molecule has 5 rings (SSSR count). The Bertz CT molecular complexity index is 2000. The van der Waals surface area contributed by atoms with E-state index in [9.17, 15) is 18.0 Å². The highest BCUT2D eigenvalue weighted by molar-refractivity contribution is 7.89. The second-order valence-corrected chi connectivity index (χ2v) is 14.1. The maximum Gasteiger partial charge on any atom is 0.251 e. The van der Waals surface area contributed by atoms with E-state index in [0.717, 1.165) is 16.6 Å². The Labute approximate surface area is 313 Å². The Morgan fingerprint density at radius 1 is 1.06 bits per heavy atom. The van der Waals surface area contributed by atoms with Gasteiger partial charge in [-0.3, -0.25) is 9.59 Å². The van der Waals surface area contributed by atoms with Crippen molar-refractivity contribution in [2.45, 2.75) is 50.7 Å². The second kappa shape index (κ2) is 18.0. The number of hydrogen-bond donors (Lipinski definition) is 3. The van der Waals surface area contributed by atoms with Crippen LogP contribution in [-0.2, 0) is 21.4 Å². The summed E-state index contributed by atoms with van der Waals surface area (Å²) in [4.78, 5) is 30.1. The number of sulfonamides is 1. The summed E-state index contributed by atoms with van der Waals surface area (Å²) in [5.41, 5.74) is 4.04. The van der Waals surface area contributed by atoms with Gasteiger partial charge in [0.2, 0.25) is 15.9 Å². The number of fused-ring (bicyclic) bond motifs is 1. The molecule has 3 aromatic carbocycles. The molecule has 1 aliphatic heterocycles. The molecule has 1 atom stereocenters. The van der Waals surface area contributed by atoms with Gasteiger partial charge in [0.05, 0.1) is 11.2 Å².